The van der Waals surface area contributed by atoms with Gasteiger partial charge in [0, 0.05) is 37.6 Å². The Kier molecular flexibility index (Phi) is 3.23. The lowest BCUT2D eigenvalue weighted by molar-refractivity contribution is 0.0823. The number of anilines is 2. The van der Waals surface area contributed by atoms with Crippen molar-refractivity contribution in [2.75, 3.05) is 19.4 Å². The SMILES string of the molecule is CN(C)C(=O)c1cc2c(Nc3cc4c(cn3)CN=C4)ncnc2[nH]1. The van der Waals surface area contributed by atoms with E-state index >= 15 is 0 Å². The van der Waals surface area contributed by atoms with Gasteiger partial charge in [0.05, 0.1) is 11.9 Å². The van der Waals surface area contributed by atoms with Crippen molar-refractivity contribution in [2.45, 2.75) is 6.54 Å². The van der Waals surface area contributed by atoms with Gasteiger partial charge in [0.2, 0.25) is 0 Å². The molecule has 0 radical (unpaired) electrons. The number of aliphatic imine (C=N–C) groups is 1. The molecule has 1 amide bonds. The Hall–Kier alpha value is -3.29. The van der Waals surface area contributed by atoms with Crippen LogP contribution in [0, 0.1) is 0 Å². The Morgan fingerprint density at radius 2 is 2.12 bits per heavy atom. The number of carbonyl (C=O) groups is 1. The van der Waals surface area contributed by atoms with Gasteiger partial charge in [0.15, 0.2) is 0 Å². The molecule has 4 rings (SSSR count). The molecule has 0 saturated heterocycles. The predicted octanol–water partition coefficient (Wildman–Crippen LogP) is 1.73. The summed E-state index contributed by atoms with van der Waals surface area (Å²) in [5, 5.41) is 3.92. The number of H-pyrrole nitrogens is 1. The first-order valence-electron chi connectivity index (χ1n) is 7.43. The summed E-state index contributed by atoms with van der Waals surface area (Å²) in [5.74, 6) is 1.14. The molecular formula is C16H15N7O. The Morgan fingerprint density at radius 1 is 1.25 bits per heavy atom. The second kappa shape index (κ2) is 5.41. The van der Waals surface area contributed by atoms with Crippen molar-refractivity contribution in [2.24, 2.45) is 4.99 Å². The van der Waals surface area contributed by atoms with Crippen LogP contribution in [0.5, 0.6) is 0 Å². The van der Waals surface area contributed by atoms with E-state index in [1.807, 2.05) is 12.3 Å². The summed E-state index contributed by atoms with van der Waals surface area (Å²) in [5.41, 5.74) is 3.22. The quantitative estimate of drug-likeness (QED) is 0.765. The normalized spacial score (nSPS) is 12.4. The van der Waals surface area contributed by atoms with Gasteiger partial charge in [-0.25, -0.2) is 15.0 Å². The zero-order chi connectivity index (χ0) is 16.7. The van der Waals surface area contributed by atoms with Gasteiger partial charge in [0.25, 0.3) is 5.91 Å². The fourth-order valence-corrected chi connectivity index (χ4v) is 2.58. The van der Waals surface area contributed by atoms with Crippen LogP contribution in [0.25, 0.3) is 11.0 Å². The molecule has 0 unspecified atom stereocenters. The van der Waals surface area contributed by atoms with Crippen LogP contribution in [0.4, 0.5) is 11.6 Å². The van der Waals surface area contributed by atoms with E-state index in [9.17, 15) is 4.79 Å². The Labute approximate surface area is 137 Å². The third-order valence-corrected chi connectivity index (χ3v) is 3.82. The number of nitrogens with zero attached hydrogens (tertiary/aromatic N) is 5. The number of carbonyl (C=O) groups excluding carboxylic acids is 1. The Morgan fingerprint density at radius 3 is 2.96 bits per heavy atom. The molecule has 0 spiro atoms. The van der Waals surface area contributed by atoms with Crippen LogP contribution in [-0.4, -0.2) is 51.1 Å². The van der Waals surface area contributed by atoms with Gasteiger partial charge < -0.3 is 15.2 Å². The van der Waals surface area contributed by atoms with E-state index in [2.05, 4.69) is 30.2 Å². The first-order valence-corrected chi connectivity index (χ1v) is 7.43. The number of aromatic amines is 1. The first kappa shape index (κ1) is 14.3. The summed E-state index contributed by atoms with van der Waals surface area (Å²) in [6.45, 7) is 0.675. The van der Waals surface area contributed by atoms with Gasteiger partial charge in [0.1, 0.15) is 29.3 Å². The zero-order valence-corrected chi connectivity index (χ0v) is 13.2. The zero-order valence-electron chi connectivity index (χ0n) is 13.2. The highest BCUT2D eigenvalue weighted by molar-refractivity contribution is 6.00. The van der Waals surface area contributed by atoms with Gasteiger partial charge >= 0.3 is 0 Å². The van der Waals surface area contributed by atoms with E-state index < -0.39 is 0 Å². The lowest BCUT2D eigenvalue weighted by Crippen LogP contribution is -2.21. The van der Waals surface area contributed by atoms with E-state index in [1.165, 1.54) is 11.2 Å². The molecule has 1 aliphatic rings. The molecule has 4 heterocycles. The highest BCUT2D eigenvalue weighted by Crippen LogP contribution is 2.25. The molecule has 0 aliphatic carbocycles. The number of hydrogen-bond donors (Lipinski definition) is 2. The molecule has 1 aliphatic heterocycles. The molecule has 0 saturated carbocycles. The average Bonchev–Trinajstić information content (AvgIpc) is 3.20. The van der Waals surface area contributed by atoms with Crippen molar-refractivity contribution in [3.8, 4) is 0 Å². The molecule has 8 nitrogen and oxygen atoms in total. The summed E-state index contributed by atoms with van der Waals surface area (Å²) >= 11 is 0. The molecule has 2 N–H and O–H groups in total. The third-order valence-electron chi connectivity index (χ3n) is 3.82. The Bertz CT molecular complexity index is 974. The van der Waals surface area contributed by atoms with E-state index in [4.69, 9.17) is 0 Å². The minimum atomic E-state index is -0.120. The molecule has 0 aromatic carbocycles. The van der Waals surface area contributed by atoms with E-state index in [0.29, 0.717) is 29.5 Å². The summed E-state index contributed by atoms with van der Waals surface area (Å²) < 4.78 is 0. The topological polar surface area (TPSA) is 99.2 Å². The third kappa shape index (κ3) is 2.37. The number of rotatable bonds is 3. The van der Waals surface area contributed by atoms with Crippen molar-refractivity contribution in [1.29, 1.82) is 0 Å². The molecule has 0 bridgehead atoms. The average molecular weight is 321 g/mol. The summed E-state index contributed by atoms with van der Waals surface area (Å²) in [4.78, 5) is 33.7. The predicted molar refractivity (Wildman–Crippen MR) is 90.7 cm³/mol. The fraction of sp³-hybridized carbons (Fsp3) is 0.188. The Balaban J connectivity index is 1.71. The lowest BCUT2D eigenvalue weighted by atomic mass is 10.2. The highest BCUT2D eigenvalue weighted by Gasteiger charge is 2.15. The fourth-order valence-electron chi connectivity index (χ4n) is 2.58. The van der Waals surface area contributed by atoms with Gasteiger partial charge in [-0.2, -0.15) is 0 Å². The van der Waals surface area contributed by atoms with Gasteiger partial charge in [-0.1, -0.05) is 0 Å². The molecule has 0 fully saturated rings. The maximum Gasteiger partial charge on any atom is 0.269 e. The number of hydrogen-bond acceptors (Lipinski definition) is 6. The molecule has 8 heteroatoms. The van der Waals surface area contributed by atoms with Crippen LogP contribution in [0.2, 0.25) is 0 Å². The largest absolute Gasteiger partial charge is 0.344 e. The smallest absolute Gasteiger partial charge is 0.269 e. The molecule has 3 aromatic rings. The van der Waals surface area contributed by atoms with Gasteiger partial charge in [-0.05, 0) is 12.1 Å². The number of fused-ring (bicyclic) bond motifs is 2. The maximum atomic E-state index is 12.1. The van der Waals surface area contributed by atoms with Crippen LogP contribution < -0.4 is 5.32 Å². The second-order valence-electron chi connectivity index (χ2n) is 5.73. The number of aromatic nitrogens is 4. The summed E-state index contributed by atoms with van der Waals surface area (Å²) in [6, 6.07) is 3.67. The summed E-state index contributed by atoms with van der Waals surface area (Å²) in [6.07, 6.45) is 5.09. The second-order valence-corrected chi connectivity index (χ2v) is 5.73. The maximum absolute atomic E-state index is 12.1. The van der Waals surface area contributed by atoms with Crippen molar-refractivity contribution in [1.82, 2.24) is 24.8 Å². The highest BCUT2D eigenvalue weighted by atomic mass is 16.2. The molecule has 3 aromatic heterocycles. The molecular weight excluding hydrogens is 306 g/mol. The van der Waals surface area contributed by atoms with E-state index in [-0.39, 0.29) is 5.91 Å². The standard InChI is InChI=1S/C16H15N7O/c1-23(2)16(24)12-4-11-14(21-12)19-8-20-15(11)22-13-3-9-5-17-6-10(9)7-18-13/h3-5,7-8H,6H2,1-2H3,(H2,18,19,20,21,22). The van der Waals surface area contributed by atoms with Crippen molar-refractivity contribution >= 4 is 34.8 Å². The monoisotopic (exact) mass is 321 g/mol. The van der Waals surface area contributed by atoms with Gasteiger partial charge in [-0.15, -0.1) is 0 Å². The van der Waals surface area contributed by atoms with Crippen molar-refractivity contribution < 1.29 is 4.79 Å². The molecule has 120 valence electrons. The van der Waals surface area contributed by atoms with Gasteiger partial charge in [-0.3, -0.25) is 9.79 Å². The molecule has 0 atom stereocenters. The number of pyridine rings is 1. The van der Waals surface area contributed by atoms with Crippen molar-refractivity contribution in [3.63, 3.8) is 0 Å². The van der Waals surface area contributed by atoms with E-state index in [0.717, 1.165) is 16.5 Å². The number of amides is 1. The van der Waals surface area contributed by atoms with Crippen LogP contribution in [0.15, 0.2) is 29.6 Å². The van der Waals surface area contributed by atoms with E-state index in [1.54, 1.807) is 26.4 Å². The first-order chi connectivity index (χ1) is 11.6. The van der Waals surface area contributed by atoms with Crippen LogP contribution in [0.3, 0.4) is 0 Å². The van der Waals surface area contributed by atoms with Crippen LogP contribution >= 0.6 is 0 Å². The van der Waals surface area contributed by atoms with Crippen LogP contribution in [0.1, 0.15) is 21.6 Å². The summed E-state index contributed by atoms with van der Waals surface area (Å²) in [7, 11) is 3.41. The number of nitrogens with one attached hydrogen (secondary N) is 2. The molecule has 24 heavy (non-hydrogen) atoms. The van der Waals surface area contributed by atoms with Crippen molar-refractivity contribution in [3.05, 3.63) is 41.5 Å². The minimum absolute atomic E-state index is 0.120. The lowest BCUT2D eigenvalue weighted by Gasteiger charge is -2.07. The minimum Gasteiger partial charge on any atom is -0.344 e. The van der Waals surface area contributed by atoms with Crippen LogP contribution in [-0.2, 0) is 6.54 Å².